The highest BCUT2D eigenvalue weighted by Gasteiger charge is 2.02. The van der Waals surface area contributed by atoms with Gasteiger partial charge in [-0.15, -0.1) is 0 Å². The van der Waals surface area contributed by atoms with E-state index in [0.29, 0.717) is 6.54 Å². The summed E-state index contributed by atoms with van der Waals surface area (Å²) in [6.45, 7) is 4.66. The number of nitrogens with one attached hydrogen (secondary N) is 1. The minimum absolute atomic E-state index is 0.150. The third-order valence-corrected chi connectivity index (χ3v) is 4.27. The Kier molecular flexibility index (Phi) is 19.3. The van der Waals surface area contributed by atoms with Crippen molar-refractivity contribution in [2.45, 2.75) is 96.5 Å². The van der Waals surface area contributed by atoms with Crippen molar-refractivity contribution in [2.75, 3.05) is 19.6 Å². The second-order valence-electron chi connectivity index (χ2n) is 6.65. The SMILES string of the molecule is CCCCCCCC/C=C\CCCCCC(O)CCNCCN. The predicted molar refractivity (Wildman–Crippen MR) is 103 cm³/mol. The van der Waals surface area contributed by atoms with Gasteiger partial charge in [0.2, 0.25) is 0 Å². The molecule has 0 aromatic carbocycles. The van der Waals surface area contributed by atoms with E-state index in [-0.39, 0.29) is 6.10 Å². The number of aliphatic hydroxyl groups excluding tert-OH is 1. The summed E-state index contributed by atoms with van der Waals surface area (Å²) in [6.07, 6.45) is 20.7. The fourth-order valence-corrected chi connectivity index (χ4v) is 2.74. The first-order valence-electron chi connectivity index (χ1n) is 10.0. The monoisotopic (exact) mass is 326 g/mol. The Labute approximate surface area is 145 Å². The average Bonchev–Trinajstić information content (AvgIpc) is 2.56. The van der Waals surface area contributed by atoms with E-state index in [2.05, 4.69) is 24.4 Å². The van der Waals surface area contributed by atoms with Crippen LogP contribution < -0.4 is 11.1 Å². The molecule has 0 aromatic rings. The molecule has 0 radical (unpaired) electrons. The average molecular weight is 327 g/mol. The van der Waals surface area contributed by atoms with Crippen LogP contribution in [-0.4, -0.2) is 30.8 Å². The van der Waals surface area contributed by atoms with Crippen LogP contribution in [0.1, 0.15) is 90.4 Å². The van der Waals surface area contributed by atoms with Gasteiger partial charge >= 0.3 is 0 Å². The summed E-state index contributed by atoms with van der Waals surface area (Å²) < 4.78 is 0. The number of hydrogen-bond donors (Lipinski definition) is 3. The van der Waals surface area contributed by atoms with Crippen LogP contribution in [0, 0.1) is 0 Å². The maximum Gasteiger partial charge on any atom is 0.0552 e. The van der Waals surface area contributed by atoms with E-state index >= 15 is 0 Å². The van der Waals surface area contributed by atoms with E-state index in [1.54, 1.807) is 0 Å². The van der Waals surface area contributed by atoms with E-state index < -0.39 is 0 Å². The van der Waals surface area contributed by atoms with Crippen molar-refractivity contribution in [2.24, 2.45) is 5.73 Å². The molecule has 3 heteroatoms. The van der Waals surface area contributed by atoms with Crippen molar-refractivity contribution in [1.82, 2.24) is 5.32 Å². The highest BCUT2D eigenvalue weighted by atomic mass is 16.3. The van der Waals surface area contributed by atoms with Crippen molar-refractivity contribution in [3.05, 3.63) is 12.2 Å². The van der Waals surface area contributed by atoms with Crippen LogP contribution in [0.5, 0.6) is 0 Å². The van der Waals surface area contributed by atoms with Gasteiger partial charge in [0.1, 0.15) is 0 Å². The van der Waals surface area contributed by atoms with Gasteiger partial charge in [0.05, 0.1) is 6.10 Å². The molecule has 1 atom stereocenters. The number of aliphatic hydroxyl groups is 1. The molecular weight excluding hydrogens is 284 g/mol. The molecule has 0 aromatic heterocycles. The van der Waals surface area contributed by atoms with E-state index in [1.165, 1.54) is 64.2 Å². The van der Waals surface area contributed by atoms with Crippen molar-refractivity contribution < 1.29 is 5.11 Å². The Morgan fingerprint density at radius 1 is 0.826 bits per heavy atom. The molecule has 0 aliphatic heterocycles. The van der Waals surface area contributed by atoms with Gasteiger partial charge in [0.25, 0.3) is 0 Å². The lowest BCUT2D eigenvalue weighted by Crippen LogP contribution is -2.26. The Balaban J connectivity index is 3.18. The highest BCUT2D eigenvalue weighted by molar-refractivity contribution is 4.81. The van der Waals surface area contributed by atoms with Crippen LogP contribution in [0.3, 0.4) is 0 Å². The number of unbranched alkanes of at least 4 members (excludes halogenated alkanes) is 9. The number of hydrogen-bond acceptors (Lipinski definition) is 3. The van der Waals surface area contributed by atoms with Gasteiger partial charge in [0.15, 0.2) is 0 Å². The molecule has 23 heavy (non-hydrogen) atoms. The zero-order valence-corrected chi connectivity index (χ0v) is 15.6. The summed E-state index contributed by atoms with van der Waals surface area (Å²) in [7, 11) is 0. The topological polar surface area (TPSA) is 58.3 Å². The lowest BCUT2D eigenvalue weighted by molar-refractivity contribution is 0.150. The van der Waals surface area contributed by atoms with Crippen molar-refractivity contribution >= 4 is 0 Å². The maximum absolute atomic E-state index is 9.84. The summed E-state index contributed by atoms with van der Waals surface area (Å²) in [4.78, 5) is 0. The molecule has 0 heterocycles. The van der Waals surface area contributed by atoms with Crippen LogP contribution in [-0.2, 0) is 0 Å². The van der Waals surface area contributed by atoms with Gasteiger partial charge in [0, 0.05) is 13.1 Å². The smallest absolute Gasteiger partial charge is 0.0552 e. The Morgan fingerprint density at radius 2 is 1.43 bits per heavy atom. The molecule has 0 fully saturated rings. The Bertz CT molecular complexity index is 244. The molecule has 0 aliphatic carbocycles. The van der Waals surface area contributed by atoms with E-state index in [9.17, 15) is 5.11 Å². The molecule has 1 unspecified atom stereocenters. The van der Waals surface area contributed by atoms with Crippen LogP contribution in [0.4, 0.5) is 0 Å². The van der Waals surface area contributed by atoms with E-state index in [1.807, 2.05) is 0 Å². The zero-order chi connectivity index (χ0) is 17.0. The molecule has 138 valence electrons. The standard InChI is InChI=1S/C20H42N2O/c1-2-3-4-5-6-7-8-9-10-11-12-13-14-15-20(23)16-18-22-19-17-21/h9-10,20,22-23H,2-8,11-19,21H2,1H3/b10-9-. The third kappa shape index (κ3) is 19.6. The molecule has 0 rings (SSSR count). The normalized spacial score (nSPS) is 13.0. The molecule has 0 saturated carbocycles. The molecule has 3 nitrogen and oxygen atoms in total. The molecule has 0 saturated heterocycles. The van der Waals surface area contributed by atoms with Crippen LogP contribution in [0.25, 0.3) is 0 Å². The van der Waals surface area contributed by atoms with Gasteiger partial charge in [-0.25, -0.2) is 0 Å². The Hall–Kier alpha value is -0.380. The lowest BCUT2D eigenvalue weighted by Gasteiger charge is -2.10. The first kappa shape index (κ1) is 22.6. The fraction of sp³-hybridized carbons (Fsp3) is 0.900. The number of allylic oxidation sites excluding steroid dienone is 2. The predicted octanol–water partition coefficient (Wildman–Crippen LogP) is 4.54. The van der Waals surface area contributed by atoms with E-state index in [4.69, 9.17) is 5.73 Å². The lowest BCUT2D eigenvalue weighted by atomic mass is 10.1. The van der Waals surface area contributed by atoms with Crippen molar-refractivity contribution in [3.8, 4) is 0 Å². The summed E-state index contributed by atoms with van der Waals surface area (Å²) in [5.41, 5.74) is 5.40. The largest absolute Gasteiger partial charge is 0.393 e. The summed E-state index contributed by atoms with van der Waals surface area (Å²) >= 11 is 0. The first-order chi connectivity index (χ1) is 11.3. The van der Waals surface area contributed by atoms with Crippen LogP contribution in [0.15, 0.2) is 12.2 Å². The van der Waals surface area contributed by atoms with Crippen LogP contribution in [0.2, 0.25) is 0 Å². The molecule has 0 aliphatic rings. The summed E-state index contributed by atoms with van der Waals surface area (Å²) in [5, 5.41) is 13.1. The number of rotatable bonds is 18. The molecule has 0 amide bonds. The molecular formula is C20H42N2O. The third-order valence-electron chi connectivity index (χ3n) is 4.27. The van der Waals surface area contributed by atoms with Gasteiger partial charge in [-0.3, -0.25) is 0 Å². The summed E-state index contributed by atoms with van der Waals surface area (Å²) in [6, 6.07) is 0. The fourth-order valence-electron chi connectivity index (χ4n) is 2.74. The molecule has 0 bridgehead atoms. The quantitative estimate of drug-likeness (QED) is 0.256. The Morgan fingerprint density at radius 3 is 2.09 bits per heavy atom. The summed E-state index contributed by atoms with van der Waals surface area (Å²) in [5.74, 6) is 0. The highest BCUT2D eigenvalue weighted by Crippen LogP contribution is 2.10. The second kappa shape index (κ2) is 19.7. The van der Waals surface area contributed by atoms with Crippen molar-refractivity contribution in [3.63, 3.8) is 0 Å². The van der Waals surface area contributed by atoms with Gasteiger partial charge in [-0.1, -0.05) is 64.0 Å². The zero-order valence-electron chi connectivity index (χ0n) is 15.6. The van der Waals surface area contributed by atoms with Gasteiger partial charge in [-0.2, -0.15) is 0 Å². The van der Waals surface area contributed by atoms with Crippen molar-refractivity contribution in [1.29, 1.82) is 0 Å². The molecule has 0 spiro atoms. The first-order valence-corrected chi connectivity index (χ1v) is 10.0. The maximum atomic E-state index is 9.84. The number of nitrogens with two attached hydrogens (primary N) is 1. The van der Waals surface area contributed by atoms with Crippen LogP contribution >= 0.6 is 0 Å². The minimum atomic E-state index is -0.150. The minimum Gasteiger partial charge on any atom is -0.393 e. The van der Waals surface area contributed by atoms with Gasteiger partial charge < -0.3 is 16.2 Å². The van der Waals surface area contributed by atoms with Gasteiger partial charge in [-0.05, 0) is 45.1 Å². The molecule has 4 N–H and O–H groups in total. The van der Waals surface area contributed by atoms with E-state index in [0.717, 1.165) is 32.4 Å². The second-order valence-corrected chi connectivity index (χ2v) is 6.65.